The summed E-state index contributed by atoms with van der Waals surface area (Å²) in [6, 6.07) is 0. The average molecular weight is 551 g/mol. The number of carbonyl (C=O) groups is 2. The van der Waals surface area contributed by atoms with Gasteiger partial charge in [0.25, 0.3) is 0 Å². The van der Waals surface area contributed by atoms with E-state index in [0.29, 0.717) is 6.42 Å². The van der Waals surface area contributed by atoms with Crippen LogP contribution in [0.4, 0.5) is 0 Å². The number of phosphoric ester groups is 1. The van der Waals surface area contributed by atoms with Crippen LogP contribution in [0.1, 0.15) is 149 Å². The van der Waals surface area contributed by atoms with Gasteiger partial charge in [-0.1, -0.05) is 123 Å². The zero-order chi connectivity index (χ0) is 27.6. The third-order valence-electron chi connectivity index (χ3n) is 6.38. The first-order valence-electron chi connectivity index (χ1n) is 14.8. The van der Waals surface area contributed by atoms with Gasteiger partial charge in [-0.05, 0) is 12.8 Å². The van der Waals surface area contributed by atoms with E-state index in [1.807, 2.05) is 0 Å². The minimum Gasteiger partial charge on any atom is -0.462 e. The lowest BCUT2D eigenvalue weighted by Crippen LogP contribution is -2.29. The molecular weight excluding hydrogens is 495 g/mol. The van der Waals surface area contributed by atoms with Gasteiger partial charge in [0.2, 0.25) is 0 Å². The Morgan fingerprint density at radius 2 is 0.973 bits per heavy atom. The molecule has 0 saturated heterocycles. The maximum Gasteiger partial charge on any atom is 0.469 e. The van der Waals surface area contributed by atoms with Crippen molar-refractivity contribution >= 4 is 19.8 Å². The summed E-state index contributed by atoms with van der Waals surface area (Å²) < 4.78 is 26.0. The molecule has 0 amide bonds. The van der Waals surface area contributed by atoms with E-state index >= 15 is 0 Å². The highest BCUT2D eigenvalue weighted by molar-refractivity contribution is 7.46. The number of hydrogen-bond acceptors (Lipinski definition) is 6. The van der Waals surface area contributed by atoms with Crippen molar-refractivity contribution in [3.63, 3.8) is 0 Å². The molecule has 0 aromatic rings. The van der Waals surface area contributed by atoms with Crippen LogP contribution in [0.15, 0.2) is 0 Å². The van der Waals surface area contributed by atoms with E-state index < -0.39 is 32.5 Å². The maximum atomic E-state index is 12.1. The van der Waals surface area contributed by atoms with Crippen LogP contribution >= 0.6 is 7.82 Å². The van der Waals surface area contributed by atoms with E-state index in [0.717, 1.165) is 38.5 Å². The summed E-state index contributed by atoms with van der Waals surface area (Å²) in [5, 5.41) is 0. The Kier molecular flexibility index (Phi) is 24.7. The predicted octanol–water partition coefficient (Wildman–Crippen LogP) is 7.78. The quantitative estimate of drug-likeness (QED) is 0.0604. The Balaban J connectivity index is 4.01. The zero-order valence-corrected chi connectivity index (χ0v) is 24.5. The number of carbonyl (C=O) groups excluding carboxylic acids is 2. The highest BCUT2D eigenvalue weighted by Crippen LogP contribution is 2.35. The normalized spacial score (nSPS) is 12.4. The second kappa shape index (κ2) is 25.3. The number of ether oxygens (including phenoxy) is 2. The fraction of sp³-hybridized carbons (Fsp3) is 0.929. The Labute approximate surface area is 225 Å². The van der Waals surface area contributed by atoms with Crippen molar-refractivity contribution in [2.45, 2.75) is 155 Å². The molecule has 0 bridgehead atoms. The topological polar surface area (TPSA) is 119 Å². The van der Waals surface area contributed by atoms with Crippen molar-refractivity contribution in [2.24, 2.45) is 0 Å². The molecule has 9 heteroatoms. The van der Waals surface area contributed by atoms with Gasteiger partial charge in [0.05, 0.1) is 6.61 Å². The summed E-state index contributed by atoms with van der Waals surface area (Å²) in [6.07, 6.45) is 21.4. The molecule has 0 aromatic carbocycles. The van der Waals surface area contributed by atoms with E-state index in [4.69, 9.17) is 19.3 Å². The van der Waals surface area contributed by atoms with Gasteiger partial charge >= 0.3 is 19.8 Å². The Hall–Kier alpha value is -0.950. The van der Waals surface area contributed by atoms with Crippen LogP contribution in [0.5, 0.6) is 0 Å². The summed E-state index contributed by atoms with van der Waals surface area (Å²) in [7, 11) is -4.72. The SMILES string of the molecule is CCCCCCCCCCCCCCC(=O)OC[C@H](COP(=O)(O)O)OC(=O)CCCCCCCCC. The molecule has 8 nitrogen and oxygen atoms in total. The summed E-state index contributed by atoms with van der Waals surface area (Å²) in [6.45, 7) is 3.59. The number of unbranched alkanes of at least 4 members (excludes halogenated alkanes) is 17. The van der Waals surface area contributed by atoms with Crippen molar-refractivity contribution in [1.29, 1.82) is 0 Å². The Morgan fingerprint density at radius 1 is 0.595 bits per heavy atom. The summed E-state index contributed by atoms with van der Waals surface area (Å²) in [5.41, 5.74) is 0. The highest BCUT2D eigenvalue weighted by Gasteiger charge is 2.22. The number of phosphoric acid groups is 1. The molecule has 0 aliphatic carbocycles. The van der Waals surface area contributed by atoms with Crippen molar-refractivity contribution in [3.05, 3.63) is 0 Å². The molecule has 0 spiro atoms. The fourth-order valence-electron chi connectivity index (χ4n) is 4.14. The Bertz CT molecular complexity index is 593. The molecule has 0 unspecified atom stereocenters. The molecule has 0 saturated carbocycles. The van der Waals surface area contributed by atoms with Gasteiger partial charge in [-0.15, -0.1) is 0 Å². The first kappa shape index (κ1) is 36.0. The van der Waals surface area contributed by atoms with E-state index in [1.54, 1.807) is 0 Å². The number of hydrogen-bond donors (Lipinski definition) is 2. The molecule has 1 atom stereocenters. The molecule has 0 aromatic heterocycles. The van der Waals surface area contributed by atoms with Gasteiger partial charge in [0, 0.05) is 12.8 Å². The molecule has 220 valence electrons. The van der Waals surface area contributed by atoms with E-state index in [-0.39, 0.29) is 19.4 Å². The molecule has 0 fully saturated rings. The molecule has 0 radical (unpaired) electrons. The molecule has 2 N–H and O–H groups in total. The summed E-state index contributed by atoms with van der Waals surface area (Å²) in [5.74, 6) is -0.888. The van der Waals surface area contributed by atoms with Gasteiger partial charge in [0.1, 0.15) is 6.61 Å². The van der Waals surface area contributed by atoms with Crippen LogP contribution in [-0.4, -0.2) is 41.0 Å². The minimum atomic E-state index is -4.72. The summed E-state index contributed by atoms with van der Waals surface area (Å²) in [4.78, 5) is 42.1. The second-order valence-corrected chi connectivity index (χ2v) is 11.3. The predicted molar refractivity (Wildman–Crippen MR) is 147 cm³/mol. The van der Waals surface area contributed by atoms with Crippen LogP contribution in [0.25, 0.3) is 0 Å². The number of esters is 2. The monoisotopic (exact) mass is 550 g/mol. The molecule has 0 heterocycles. The maximum absolute atomic E-state index is 12.1. The minimum absolute atomic E-state index is 0.215. The van der Waals surface area contributed by atoms with E-state index in [2.05, 4.69) is 18.4 Å². The average Bonchev–Trinajstić information content (AvgIpc) is 2.85. The molecular formula is C28H55O8P. The van der Waals surface area contributed by atoms with Crippen LogP contribution in [0.3, 0.4) is 0 Å². The van der Waals surface area contributed by atoms with Crippen molar-refractivity contribution in [1.82, 2.24) is 0 Å². The summed E-state index contributed by atoms with van der Waals surface area (Å²) >= 11 is 0. The largest absolute Gasteiger partial charge is 0.469 e. The lowest BCUT2D eigenvalue weighted by Gasteiger charge is -2.18. The molecule has 37 heavy (non-hydrogen) atoms. The van der Waals surface area contributed by atoms with E-state index in [9.17, 15) is 14.2 Å². The highest BCUT2D eigenvalue weighted by atomic mass is 31.2. The second-order valence-electron chi connectivity index (χ2n) is 10.1. The van der Waals surface area contributed by atoms with Gasteiger partial charge in [-0.25, -0.2) is 4.57 Å². The zero-order valence-electron chi connectivity index (χ0n) is 23.6. The first-order chi connectivity index (χ1) is 17.8. The number of rotatable bonds is 27. The van der Waals surface area contributed by atoms with Crippen molar-refractivity contribution < 1.29 is 37.9 Å². The fourth-order valence-corrected chi connectivity index (χ4v) is 4.50. The van der Waals surface area contributed by atoms with Gasteiger partial charge in [-0.3, -0.25) is 14.1 Å². The van der Waals surface area contributed by atoms with E-state index in [1.165, 1.54) is 77.0 Å². The molecule has 0 aliphatic heterocycles. The van der Waals surface area contributed by atoms with Crippen molar-refractivity contribution in [2.75, 3.05) is 13.2 Å². The first-order valence-corrected chi connectivity index (χ1v) is 16.4. The third-order valence-corrected chi connectivity index (χ3v) is 6.86. The lowest BCUT2D eigenvalue weighted by molar-refractivity contribution is -0.161. The smallest absolute Gasteiger partial charge is 0.462 e. The van der Waals surface area contributed by atoms with Crippen LogP contribution in [0.2, 0.25) is 0 Å². The standard InChI is InChI=1S/C28H55O8P/c1-3-5-7-9-11-12-13-14-15-17-18-20-22-27(29)34-24-26(25-35-37(31,32)33)36-28(30)23-21-19-16-10-8-6-4-2/h26H,3-25H2,1-2H3,(H2,31,32,33)/t26-/m1/s1. The lowest BCUT2D eigenvalue weighted by atomic mass is 10.0. The van der Waals surface area contributed by atoms with Gasteiger partial charge < -0.3 is 19.3 Å². The van der Waals surface area contributed by atoms with Gasteiger partial charge in [0.15, 0.2) is 6.10 Å². The Morgan fingerprint density at radius 3 is 1.38 bits per heavy atom. The van der Waals surface area contributed by atoms with Crippen LogP contribution in [-0.2, 0) is 28.2 Å². The molecule has 0 rings (SSSR count). The third kappa shape index (κ3) is 27.9. The van der Waals surface area contributed by atoms with Crippen molar-refractivity contribution in [3.8, 4) is 0 Å². The van der Waals surface area contributed by atoms with Gasteiger partial charge in [-0.2, -0.15) is 0 Å². The van der Waals surface area contributed by atoms with Crippen LogP contribution < -0.4 is 0 Å². The molecule has 0 aliphatic rings. The van der Waals surface area contributed by atoms with Crippen LogP contribution in [0, 0.1) is 0 Å².